The van der Waals surface area contributed by atoms with Gasteiger partial charge in [0.1, 0.15) is 24.4 Å². The lowest BCUT2D eigenvalue weighted by molar-refractivity contribution is -0.200. The third-order valence-electron chi connectivity index (χ3n) is 7.00. The van der Waals surface area contributed by atoms with Crippen LogP contribution in [0.15, 0.2) is 58.3 Å². The van der Waals surface area contributed by atoms with Crippen molar-refractivity contribution in [3.63, 3.8) is 0 Å². The molecule has 0 bridgehead atoms. The second-order valence-corrected chi connectivity index (χ2v) is 9.72. The number of benzene rings is 2. The summed E-state index contributed by atoms with van der Waals surface area (Å²) in [6.07, 6.45) is -2.09. The fraction of sp³-hybridized carbons (Fsp3) is 0.385. The second kappa shape index (κ2) is 7.97. The minimum Gasteiger partial charge on any atom is -0.394 e. The van der Waals surface area contributed by atoms with Crippen molar-refractivity contribution in [3.8, 4) is 11.1 Å². The van der Waals surface area contributed by atoms with Crippen molar-refractivity contribution in [3.05, 3.63) is 91.8 Å². The van der Waals surface area contributed by atoms with Crippen molar-refractivity contribution in [2.45, 2.75) is 56.7 Å². The minimum atomic E-state index is -1.26. The number of nitrogens with zero attached hydrogens (tertiary/aromatic N) is 1. The average Bonchev–Trinajstić information content (AvgIpc) is 3.46. The Kier molecular flexibility index (Phi) is 5.10. The molecule has 35 heavy (non-hydrogen) atoms. The quantitative estimate of drug-likeness (QED) is 0.407. The van der Waals surface area contributed by atoms with E-state index in [1.54, 1.807) is 19.9 Å². The molecule has 5 atom stereocenters. The monoisotopic (exact) mass is 478 g/mol. The number of aromatic amines is 1. The molecule has 2 aromatic carbocycles. The smallest absolute Gasteiger partial charge is 0.330 e. The summed E-state index contributed by atoms with van der Waals surface area (Å²) in [5.41, 5.74) is 3.73. The highest BCUT2D eigenvalue weighted by atomic mass is 16.8. The van der Waals surface area contributed by atoms with Gasteiger partial charge in [0.05, 0.1) is 12.2 Å². The van der Waals surface area contributed by atoms with E-state index in [-0.39, 0.29) is 12.2 Å². The molecule has 6 rings (SSSR count). The van der Waals surface area contributed by atoms with Crippen LogP contribution in [0, 0.1) is 0 Å². The van der Waals surface area contributed by atoms with Gasteiger partial charge < -0.3 is 24.4 Å². The van der Waals surface area contributed by atoms with Crippen molar-refractivity contribution >= 4 is 0 Å². The van der Waals surface area contributed by atoms with Gasteiger partial charge in [-0.05, 0) is 48.1 Å². The van der Waals surface area contributed by atoms with Crippen molar-refractivity contribution in [1.29, 1.82) is 0 Å². The molecule has 3 aromatic rings. The Morgan fingerprint density at radius 2 is 1.83 bits per heavy atom. The van der Waals surface area contributed by atoms with Gasteiger partial charge in [0.15, 0.2) is 12.0 Å². The average molecular weight is 479 g/mol. The van der Waals surface area contributed by atoms with E-state index in [0.29, 0.717) is 5.56 Å². The van der Waals surface area contributed by atoms with Crippen molar-refractivity contribution in [1.82, 2.24) is 9.55 Å². The maximum atomic E-state index is 12.7. The van der Waals surface area contributed by atoms with E-state index in [1.165, 1.54) is 21.9 Å². The molecule has 182 valence electrons. The van der Waals surface area contributed by atoms with Crippen LogP contribution in [0.5, 0.6) is 0 Å². The zero-order chi connectivity index (χ0) is 24.5. The standard InChI is InChI=1S/C26H26N2O7/c1-26(2)34-21-19(12-29)33-24(22(21)35-26)28-11-18(23(31)27-25(28)32)20(30)14-7-8-17-15(10-14)9-13-5-3-4-6-16(13)17/h3-8,10-11,19-22,24,29-30H,9,12H2,1-2H3,(H,27,31,32)/t19-,20?,21-,22-,24-/m1/s1. The largest absolute Gasteiger partial charge is 0.394 e. The number of aliphatic hydroxyl groups excluding tert-OH is 2. The lowest BCUT2D eigenvalue weighted by Gasteiger charge is -2.25. The van der Waals surface area contributed by atoms with Crippen LogP contribution in [0.3, 0.4) is 0 Å². The van der Waals surface area contributed by atoms with E-state index < -0.39 is 47.7 Å². The summed E-state index contributed by atoms with van der Waals surface area (Å²) < 4.78 is 18.9. The van der Waals surface area contributed by atoms with Crippen LogP contribution in [-0.2, 0) is 20.6 Å². The molecule has 2 aliphatic heterocycles. The van der Waals surface area contributed by atoms with Crippen LogP contribution in [0.25, 0.3) is 11.1 Å². The number of aromatic nitrogens is 2. The Balaban J connectivity index is 1.36. The predicted octanol–water partition coefficient (Wildman–Crippen LogP) is 1.60. The normalized spacial score (nSPS) is 26.9. The molecular formula is C26H26N2O7. The van der Waals surface area contributed by atoms with Crippen LogP contribution in [-0.4, -0.2) is 50.5 Å². The first kappa shape index (κ1) is 22.4. The Morgan fingerprint density at radius 3 is 2.63 bits per heavy atom. The van der Waals surface area contributed by atoms with Gasteiger partial charge in [0.2, 0.25) is 0 Å². The summed E-state index contributed by atoms with van der Waals surface area (Å²) in [5, 5.41) is 20.9. The molecule has 1 aromatic heterocycles. The molecule has 0 amide bonds. The lowest BCUT2D eigenvalue weighted by Crippen LogP contribution is -2.39. The Bertz CT molecular complexity index is 1430. The van der Waals surface area contributed by atoms with Crippen molar-refractivity contribution < 1.29 is 24.4 Å². The first-order valence-electron chi connectivity index (χ1n) is 11.6. The maximum Gasteiger partial charge on any atom is 0.330 e. The molecule has 3 aliphatic rings. The summed E-state index contributed by atoms with van der Waals surface area (Å²) >= 11 is 0. The summed E-state index contributed by atoms with van der Waals surface area (Å²) in [6, 6.07) is 13.8. The van der Waals surface area contributed by atoms with E-state index in [0.717, 1.165) is 17.5 Å². The highest BCUT2D eigenvalue weighted by Gasteiger charge is 2.56. The fourth-order valence-electron chi connectivity index (χ4n) is 5.43. The van der Waals surface area contributed by atoms with Crippen LogP contribution < -0.4 is 11.2 Å². The zero-order valence-corrected chi connectivity index (χ0v) is 19.3. The molecular weight excluding hydrogens is 452 g/mol. The molecule has 1 unspecified atom stereocenters. The number of fused-ring (bicyclic) bond motifs is 4. The number of hydrogen-bond acceptors (Lipinski definition) is 7. The van der Waals surface area contributed by atoms with E-state index >= 15 is 0 Å². The molecule has 0 saturated carbocycles. The second-order valence-electron chi connectivity index (χ2n) is 9.72. The van der Waals surface area contributed by atoms with Crippen LogP contribution in [0.1, 0.15) is 48.4 Å². The number of nitrogens with one attached hydrogen (secondary N) is 1. The summed E-state index contributed by atoms with van der Waals surface area (Å²) in [5.74, 6) is -0.916. The lowest BCUT2D eigenvalue weighted by atomic mass is 9.98. The van der Waals surface area contributed by atoms with Crippen molar-refractivity contribution in [2.75, 3.05) is 6.61 Å². The third kappa shape index (κ3) is 3.59. The van der Waals surface area contributed by atoms with Gasteiger partial charge in [0.25, 0.3) is 5.56 Å². The molecule has 3 N–H and O–H groups in total. The topological polar surface area (TPSA) is 123 Å². The van der Waals surface area contributed by atoms with Gasteiger partial charge in [-0.15, -0.1) is 0 Å². The number of H-pyrrole nitrogens is 1. The number of rotatable bonds is 4. The van der Waals surface area contributed by atoms with Gasteiger partial charge in [-0.1, -0.05) is 42.5 Å². The van der Waals surface area contributed by atoms with E-state index in [1.807, 2.05) is 24.3 Å². The van der Waals surface area contributed by atoms with Crippen LogP contribution in [0.2, 0.25) is 0 Å². The van der Waals surface area contributed by atoms with Crippen LogP contribution >= 0.6 is 0 Å². The molecule has 9 nitrogen and oxygen atoms in total. The number of aliphatic hydroxyl groups is 2. The zero-order valence-electron chi connectivity index (χ0n) is 19.3. The first-order chi connectivity index (χ1) is 16.8. The molecule has 3 heterocycles. The molecule has 2 saturated heterocycles. The van der Waals surface area contributed by atoms with E-state index in [9.17, 15) is 19.8 Å². The maximum absolute atomic E-state index is 12.7. The molecule has 9 heteroatoms. The summed E-state index contributed by atoms with van der Waals surface area (Å²) in [7, 11) is 0. The summed E-state index contributed by atoms with van der Waals surface area (Å²) in [6.45, 7) is 3.17. The summed E-state index contributed by atoms with van der Waals surface area (Å²) in [4.78, 5) is 27.8. The fourth-order valence-corrected chi connectivity index (χ4v) is 5.43. The van der Waals surface area contributed by atoms with Crippen molar-refractivity contribution in [2.24, 2.45) is 0 Å². The van der Waals surface area contributed by atoms with Gasteiger partial charge >= 0.3 is 5.69 Å². The minimum absolute atomic E-state index is 0.00540. The van der Waals surface area contributed by atoms with Gasteiger partial charge in [-0.3, -0.25) is 14.3 Å². The van der Waals surface area contributed by atoms with E-state index in [2.05, 4.69) is 17.1 Å². The van der Waals surface area contributed by atoms with Crippen LogP contribution in [0.4, 0.5) is 0 Å². The third-order valence-corrected chi connectivity index (χ3v) is 7.00. The Labute approximate surface area is 200 Å². The number of hydrogen-bond donors (Lipinski definition) is 3. The Hall–Kier alpha value is -3.08. The highest BCUT2D eigenvalue weighted by Crippen LogP contribution is 2.43. The van der Waals surface area contributed by atoms with Gasteiger partial charge in [-0.2, -0.15) is 0 Å². The van der Waals surface area contributed by atoms with Gasteiger partial charge in [-0.25, -0.2) is 4.79 Å². The Morgan fingerprint density at radius 1 is 1.09 bits per heavy atom. The predicted molar refractivity (Wildman–Crippen MR) is 125 cm³/mol. The molecule has 0 radical (unpaired) electrons. The highest BCUT2D eigenvalue weighted by molar-refractivity contribution is 5.77. The first-order valence-corrected chi connectivity index (χ1v) is 11.6. The SMILES string of the molecule is CC1(C)O[C@@H]2[C@H](O1)[C@@H](CO)O[C@H]2n1cc(C(O)c2ccc3c(c2)Cc2ccccc2-3)c(=O)[nH]c1=O. The van der Waals surface area contributed by atoms with E-state index in [4.69, 9.17) is 14.2 Å². The molecule has 2 fully saturated rings. The molecule has 1 aliphatic carbocycles. The van der Waals surface area contributed by atoms with Gasteiger partial charge in [0, 0.05) is 6.20 Å². The number of ether oxygens (including phenoxy) is 3. The molecule has 0 spiro atoms.